The largest absolute Gasteiger partial charge is 0.479 e. The molecular weight excluding hydrogens is 454 g/mol. The molecule has 2 saturated heterocycles. The average molecular weight is 477 g/mol. The van der Waals surface area contributed by atoms with Gasteiger partial charge < -0.3 is 50.2 Å². The molecule has 0 spiro atoms. The molecule has 2 fully saturated rings. The van der Waals surface area contributed by atoms with Crippen LogP contribution in [0.3, 0.4) is 0 Å². The first-order chi connectivity index (χ1) is 14.3. The maximum absolute atomic E-state index is 11.3. The summed E-state index contributed by atoms with van der Waals surface area (Å²) in [7, 11) is -5.28. The molecule has 10 atom stereocenters. The highest BCUT2D eigenvalue weighted by atomic mass is 32.3. The molecule has 31 heavy (non-hydrogen) atoms. The molecule has 16 nitrogen and oxygen atoms in total. The number of amides is 1. The SMILES string of the molecule is CC(=O)N[C@@H]1[C@@H](O)[C@H](O[C@@H]2O[C@@H](C(=O)O)[C@@H](O)[C@H](O)[C@H]2OS(=O)(=O)O)[C@@H](CO)O[C@@H]1O. The highest BCUT2D eigenvalue weighted by Gasteiger charge is 2.54. The van der Waals surface area contributed by atoms with E-state index in [0.717, 1.165) is 6.92 Å². The minimum atomic E-state index is -5.28. The van der Waals surface area contributed by atoms with Crippen LogP contribution in [0.4, 0.5) is 0 Å². The minimum absolute atomic E-state index is 0.695. The van der Waals surface area contributed by atoms with Gasteiger partial charge in [0, 0.05) is 6.92 Å². The number of aliphatic hydroxyl groups is 5. The summed E-state index contributed by atoms with van der Waals surface area (Å²) in [5.41, 5.74) is 0. The van der Waals surface area contributed by atoms with E-state index in [0.29, 0.717) is 0 Å². The topological polar surface area (TPSA) is 259 Å². The Balaban J connectivity index is 2.35. The van der Waals surface area contributed by atoms with E-state index in [4.69, 9.17) is 23.9 Å². The molecule has 180 valence electrons. The van der Waals surface area contributed by atoms with Crippen LogP contribution >= 0.6 is 0 Å². The van der Waals surface area contributed by atoms with Crippen LogP contribution in [0.1, 0.15) is 6.92 Å². The smallest absolute Gasteiger partial charge is 0.397 e. The van der Waals surface area contributed by atoms with E-state index >= 15 is 0 Å². The fraction of sp³-hybridized carbons (Fsp3) is 0.857. The van der Waals surface area contributed by atoms with Crippen molar-refractivity contribution in [3.8, 4) is 0 Å². The van der Waals surface area contributed by atoms with Crippen LogP contribution in [0, 0.1) is 0 Å². The lowest BCUT2D eigenvalue weighted by atomic mass is 9.95. The average Bonchev–Trinajstić information content (AvgIpc) is 2.64. The third-order valence-electron chi connectivity index (χ3n) is 4.56. The number of rotatable bonds is 7. The summed E-state index contributed by atoms with van der Waals surface area (Å²) in [4.78, 5) is 22.6. The lowest BCUT2D eigenvalue weighted by Crippen LogP contribution is -2.67. The molecule has 0 radical (unpaired) electrons. The first-order valence-corrected chi connectivity index (χ1v) is 10.1. The number of carbonyl (C=O) groups excluding carboxylic acids is 1. The van der Waals surface area contributed by atoms with Gasteiger partial charge in [0.25, 0.3) is 0 Å². The number of carboxylic acids is 1. The van der Waals surface area contributed by atoms with Gasteiger partial charge in [0.05, 0.1) is 6.61 Å². The number of aliphatic hydroxyl groups excluding tert-OH is 5. The minimum Gasteiger partial charge on any atom is -0.479 e. The molecular formula is C14H23NO15S. The van der Waals surface area contributed by atoms with Crippen molar-refractivity contribution in [1.29, 1.82) is 0 Å². The predicted molar refractivity (Wildman–Crippen MR) is 91.2 cm³/mol. The van der Waals surface area contributed by atoms with Gasteiger partial charge in [-0.2, -0.15) is 8.42 Å². The van der Waals surface area contributed by atoms with Crippen LogP contribution in [0.25, 0.3) is 0 Å². The van der Waals surface area contributed by atoms with E-state index in [1.807, 2.05) is 0 Å². The first-order valence-electron chi connectivity index (χ1n) is 8.72. The lowest BCUT2D eigenvalue weighted by molar-refractivity contribution is -0.337. The Labute approximate surface area is 174 Å². The molecule has 0 unspecified atom stereocenters. The summed E-state index contributed by atoms with van der Waals surface area (Å²) in [5, 5.41) is 61.2. The molecule has 17 heteroatoms. The zero-order valence-electron chi connectivity index (χ0n) is 15.8. The number of ether oxygens (including phenoxy) is 3. The maximum Gasteiger partial charge on any atom is 0.397 e. The highest BCUT2D eigenvalue weighted by Crippen LogP contribution is 2.30. The zero-order valence-corrected chi connectivity index (χ0v) is 16.6. The predicted octanol–water partition coefficient (Wildman–Crippen LogP) is -5.33. The third-order valence-corrected chi connectivity index (χ3v) is 5.02. The van der Waals surface area contributed by atoms with Gasteiger partial charge >= 0.3 is 16.4 Å². The van der Waals surface area contributed by atoms with Gasteiger partial charge in [-0.3, -0.25) is 9.35 Å². The van der Waals surface area contributed by atoms with E-state index in [1.165, 1.54) is 0 Å². The highest BCUT2D eigenvalue weighted by molar-refractivity contribution is 7.80. The van der Waals surface area contributed by atoms with Crippen LogP contribution in [0.2, 0.25) is 0 Å². The second kappa shape index (κ2) is 9.96. The van der Waals surface area contributed by atoms with Gasteiger partial charge in [0.2, 0.25) is 5.91 Å². The fourth-order valence-electron chi connectivity index (χ4n) is 3.19. The Hall–Kier alpha value is -1.51. The summed E-state index contributed by atoms with van der Waals surface area (Å²) in [6.07, 6.45) is -17.8. The van der Waals surface area contributed by atoms with Gasteiger partial charge in [-0.15, -0.1) is 0 Å². The summed E-state index contributed by atoms with van der Waals surface area (Å²) >= 11 is 0. The van der Waals surface area contributed by atoms with E-state index in [1.54, 1.807) is 0 Å². The monoisotopic (exact) mass is 477 g/mol. The summed E-state index contributed by atoms with van der Waals surface area (Å²) in [5.74, 6) is -2.48. The van der Waals surface area contributed by atoms with E-state index in [2.05, 4.69) is 9.50 Å². The number of hydrogen-bond donors (Lipinski definition) is 8. The quantitative estimate of drug-likeness (QED) is 0.159. The van der Waals surface area contributed by atoms with Crippen LogP contribution in [0.15, 0.2) is 0 Å². The summed E-state index contributed by atoms with van der Waals surface area (Å²) in [6, 6.07) is -1.50. The number of aliphatic carboxylic acids is 1. The molecule has 2 heterocycles. The van der Waals surface area contributed by atoms with Gasteiger partial charge in [-0.25, -0.2) is 8.98 Å². The Morgan fingerprint density at radius 1 is 1.03 bits per heavy atom. The molecule has 0 aromatic rings. The molecule has 0 aromatic heterocycles. The van der Waals surface area contributed by atoms with Crippen LogP contribution in [-0.4, -0.2) is 123 Å². The van der Waals surface area contributed by atoms with E-state index < -0.39 is 90.2 Å². The molecule has 2 rings (SSSR count). The van der Waals surface area contributed by atoms with E-state index in [9.17, 15) is 43.5 Å². The molecule has 0 aliphatic carbocycles. The summed E-state index contributed by atoms with van der Waals surface area (Å²) in [6.45, 7) is 0.179. The van der Waals surface area contributed by atoms with Crippen LogP contribution in [-0.2, 0) is 38.4 Å². The molecule has 0 aromatic carbocycles. The Morgan fingerprint density at radius 2 is 1.65 bits per heavy atom. The fourth-order valence-corrected chi connectivity index (χ4v) is 3.67. The number of nitrogens with one attached hydrogen (secondary N) is 1. The molecule has 0 bridgehead atoms. The Kier molecular flexibility index (Phi) is 8.27. The van der Waals surface area contributed by atoms with Gasteiger partial charge in [-0.05, 0) is 0 Å². The zero-order chi connectivity index (χ0) is 23.7. The second-order valence-electron chi connectivity index (χ2n) is 6.80. The molecule has 2 aliphatic heterocycles. The summed E-state index contributed by atoms with van der Waals surface area (Å²) < 4.78 is 50.7. The van der Waals surface area contributed by atoms with Crippen molar-refractivity contribution in [2.75, 3.05) is 6.61 Å². The van der Waals surface area contributed by atoms with Crippen molar-refractivity contribution in [3.63, 3.8) is 0 Å². The first kappa shape index (κ1) is 25.7. The van der Waals surface area contributed by atoms with Gasteiger partial charge in [0.15, 0.2) is 24.8 Å². The number of carboxylic acid groups (broad SMARTS) is 1. The molecule has 1 amide bonds. The van der Waals surface area contributed by atoms with Crippen LogP contribution in [0.5, 0.6) is 0 Å². The molecule has 2 aliphatic rings. The van der Waals surface area contributed by atoms with Crippen molar-refractivity contribution in [2.24, 2.45) is 0 Å². The van der Waals surface area contributed by atoms with Crippen molar-refractivity contribution < 1.29 is 71.6 Å². The molecule has 8 N–H and O–H groups in total. The standard InChI is InChI=1S/C14H23NO15S/c1-3(17)15-5-6(18)9(4(2-16)27-13(5)23)28-14-11(30-31(24,25)26)8(20)7(19)10(29-14)12(21)22/h4-11,13-14,16,18-20,23H,2H2,1H3,(H,15,17)(H,21,22)(H,24,25,26)/t4-,5-,6-,7+,8+,9-,10-,11-,13+,14-/m1/s1. The Morgan fingerprint density at radius 3 is 2.13 bits per heavy atom. The normalized spacial score (nSPS) is 41.5. The van der Waals surface area contributed by atoms with Crippen LogP contribution < -0.4 is 5.32 Å². The number of hydrogen-bond acceptors (Lipinski definition) is 13. The van der Waals surface area contributed by atoms with Crippen molar-refractivity contribution in [2.45, 2.75) is 68.3 Å². The molecule has 0 saturated carbocycles. The van der Waals surface area contributed by atoms with Gasteiger partial charge in [-0.1, -0.05) is 0 Å². The second-order valence-corrected chi connectivity index (χ2v) is 7.85. The van der Waals surface area contributed by atoms with Gasteiger partial charge in [0.1, 0.15) is 36.6 Å². The van der Waals surface area contributed by atoms with Crippen molar-refractivity contribution >= 4 is 22.3 Å². The maximum atomic E-state index is 11.3. The lowest BCUT2D eigenvalue weighted by Gasteiger charge is -2.46. The number of carbonyl (C=O) groups is 2. The Bertz CT molecular complexity index is 761. The van der Waals surface area contributed by atoms with E-state index in [-0.39, 0.29) is 0 Å². The third kappa shape index (κ3) is 6.05. The van der Waals surface area contributed by atoms with Crippen molar-refractivity contribution in [3.05, 3.63) is 0 Å². The van der Waals surface area contributed by atoms with Crippen molar-refractivity contribution in [1.82, 2.24) is 5.32 Å².